The summed E-state index contributed by atoms with van der Waals surface area (Å²) in [5, 5.41) is 53.8. The first kappa shape index (κ1) is 50.5. The Bertz CT molecular complexity index is 1400. The van der Waals surface area contributed by atoms with Gasteiger partial charge in [0, 0.05) is 56.4 Å². The first-order chi connectivity index (χ1) is 26.8. The van der Waals surface area contributed by atoms with Crippen molar-refractivity contribution in [1.82, 2.24) is 15.5 Å². The molecule has 3 fully saturated rings. The maximum Gasteiger partial charge on any atom is 0.311 e. The van der Waals surface area contributed by atoms with Crippen molar-refractivity contribution in [2.75, 3.05) is 34.3 Å². The number of hydrogen-bond donors (Lipinski definition) is 6. The highest BCUT2D eigenvalue weighted by Gasteiger charge is 2.58. The van der Waals surface area contributed by atoms with E-state index in [4.69, 9.17) is 34.8 Å². The summed E-state index contributed by atoms with van der Waals surface area (Å²) in [6.07, 6.45) is 0.847. The van der Waals surface area contributed by atoms with Crippen LogP contribution in [0.3, 0.4) is 0 Å². The van der Waals surface area contributed by atoms with Gasteiger partial charge in [-0.3, -0.25) is 4.79 Å². The lowest BCUT2D eigenvalue weighted by Crippen LogP contribution is -2.70. The predicted molar refractivity (Wildman–Crippen MR) is 222 cm³/mol. The zero-order valence-electron chi connectivity index (χ0n) is 38.1. The molecule has 0 saturated carbocycles. The molecule has 6 N–H and O–H groups in total. The Labute approximate surface area is 349 Å². The van der Waals surface area contributed by atoms with Crippen LogP contribution in [0.1, 0.15) is 109 Å². The molecule has 3 saturated heterocycles. The van der Waals surface area contributed by atoms with Gasteiger partial charge in [-0.2, -0.15) is 0 Å². The van der Waals surface area contributed by atoms with Crippen LogP contribution in [0.4, 0.5) is 0 Å². The zero-order valence-corrected chi connectivity index (χ0v) is 38.1. The predicted octanol–water partition coefficient (Wildman–Crippen LogP) is 3.33. The van der Waals surface area contributed by atoms with Crippen LogP contribution in [-0.2, 0) is 33.2 Å². The van der Waals surface area contributed by atoms with E-state index < -0.39 is 89.2 Å². The summed E-state index contributed by atoms with van der Waals surface area (Å²) >= 11 is 0. The first-order valence-corrected chi connectivity index (χ1v) is 21.2. The lowest BCUT2D eigenvalue weighted by molar-refractivity contribution is -0.334. The zero-order chi connectivity index (χ0) is 44.1. The Morgan fingerprint density at radius 3 is 2.26 bits per heavy atom. The first-order valence-electron chi connectivity index (χ1n) is 21.2. The second kappa shape index (κ2) is 20.3. The minimum absolute atomic E-state index is 0.0735. The molecule has 0 aromatic rings. The Morgan fingerprint density at radius 2 is 1.69 bits per heavy atom. The molecule has 0 unspecified atom stereocenters. The summed E-state index contributed by atoms with van der Waals surface area (Å²) in [5.74, 6) is -0.0427. The monoisotopic (exact) mass is 826 g/mol. The number of aliphatic hydroxyl groups excluding tert-OH is 2. The maximum absolute atomic E-state index is 14.4. The number of ether oxygens (including phenoxy) is 6. The van der Waals surface area contributed by atoms with E-state index in [1.54, 1.807) is 33.8 Å². The van der Waals surface area contributed by atoms with E-state index >= 15 is 0 Å². The highest BCUT2D eigenvalue weighted by molar-refractivity contribution is 5.73. The number of carbonyl (C=O) groups excluding carboxylic acids is 1. The topological polar surface area (TPSA) is 181 Å². The molecule has 0 amide bonds. The fourth-order valence-electron chi connectivity index (χ4n) is 9.54. The number of nitrogens with zero attached hydrogens (tertiary/aromatic N) is 1. The molecule has 17 atom stereocenters. The summed E-state index contributed by atoms with van der Waals surface area (Å²) < 4.78 is 38.9. The highest BCUT2D eigenvalue weighted by atomic mass is 16.7. The summed E-state index contributed by atoms with van der Waals surface area (Å²) in [6, 6.07) is -0.291. The fourth-order valence-corrected chi connectivity index (χ4v) is 9.54. The number of esters is 1. The number of likely N-dealkylation sites (N-methyl/N-ethyl adjacent to an activating group) is 1. The summed E-state index contributed by atoms with van der Waals surface area (Å²) in [6.45, 7) is 22.9. The number of methoxy groups -OCH3 is 1. The molecule has 336 valence electrons. The van der Waals surface area contributed by atoms with Crippen LogP contribution in [-0.4, -0.2) is 150 Å². The Balaban J connectivity index is 2.17. The van der Waals surface area contributed by atoms with Gasteiger partial charge in [-0.05, 0) is 93.2 Å². The van der Waals surface area contributed by atoms with E-state index in [0.717, 1.165) is 0 Å². The minimum atomic E-state index is -1.76. The van der Waals surface area contributed by atoms with Gasteiger partial charge >= 0.3 is 5.97 Å². The Kier molecular flexibility index (Phi) is 17.7. The third-order valence-corrected chi connectivity index (χ3v) is 13.4. The Morgan fingerprint density at radius 1 is 1.05 bits per heavy atom. The van der Waals surface area contributed by atoms with Crippen LogP contribution in [0.2, 0.25) is 0 Å². The lowest BCUT2D eigenvalue weighted by atomic mass is 9.72. The van der Waals surface area contributed by atoms with Gasteiger partial charge in [0.1, 0.15) is 29.0 Å². The van der Waals surface area contributed by atoms with Gasteiger partial charge in [0.15, 0.2) is 12.6 Å². The number of rotatable bonds is 10. The molecule has 0 radical (unpaired) electrons. The van der Waals surface area contributed by atoms with E-state index in [9.17, 15) is 25.2 Å². The lowest BCUT2D eigenvalue weighted by Gasteiger charge is -2.54. The molecule has 3 rings (SSSR count). The third-order valence-electron chi connectivity index (χ3n) is 13.4. The minimum Gasteiger partial charge on any atom is -0.459 e. The van der Waals surface area contributed by atoms with Gasteiger partial charge < -0.3 is 64.4 Å². The molecule has 3 aliphatic rings. The van der Waals surface area contributed by atoms with Crippen molar-refractivity contribution < 1.29 is 53.6 Å². The molecule has 14 nitrogen and oxygen atoms in total. The number of nitrogens with one attached hydrogen (secondary N) is 2. The van der Waals surface area contributed by atoms with Crippen molar-refractivity contribution in [3.8, 4) is 12.3 Å². The van der Waals surface area contributed by atoms with Crippen molar-refractivity contribution in [2.24, 2.45) is 23.2 Å². The molecule has 0 aromatic carbocycles. The molecule has 0 aromatic heterocycles. The van der Waals surface area contributed by atoms with Crippen molar-refractivity contribution in [2.45, 2.75) is 193 Å². The van der Waals surface area contributed by atoms with Crippen LogP contribution in [0.5, 0.6) is 0 Å². The highest BCUT2D eigenvalue weighted by Crippen LogP contribution is 2.44. The molecule has 14 heteroatoms. The van der Waals surface area contributed by atoms with E-state index in [1.165, 1.54) is 14.0 Å². The van der Waals surface area contributed by atoms with Crippen molar-refractivity contribution >= 4 is 5.97 Å². The number of allylic oxidation sites excluding steroid dienone is 2. The largest absolute Gasteiger partial charge is 0.459 e. The number of hydrogen-bond acceptors (Lipinski definition) is 14. The maximum atomic E-state index is 14.4. The standard InChI is InChI=1S/C44H79N3O11/c1-17-19-26(4)46-24-44(52)31(9)55-34(22-42(44,12)53-16)57-36-29(7)38(58-40-35(48)32(47(14)15)20-28(6)54-40)41(10,11)21-27(5)45-23-25(3)37(49)43(13,51)33(18-2)56-39(50)30(36)8/h1,19,25,27-38,40,45-46,48-49,51-52H,18,20-24H2,2-16H3/b26-19+/t25-,27+,28+,29-,30+,31-,32-,33+,34+,35+,36+,37+,38+,40-,42-,43+,44+/m0/s1. The van der Waals surface area contributed by atoms with Gasteiger partial charge in [0.2, 0.25) is 0 Å². The van der Waals surface area contributed by atoms with Gasteiger partial charge in [0.25, 0.3) is 0 Å². The average Bonchev–Trinajstić information content (AvgIpc) is 3.14. The van der Waals surface area contributed by atoms with E-state index in [1.807, 2.05) is 46.7 Å². The van der Waals surface area contributed by atoms with E-state index in [-0.39, 0.29) is 43.5 Å². The van der Waals surface area contributed by atoms with Crippen molar-refractivity contribution in [3.05, 3.63) is 11.8 Å². The second-order valence-electron chi connectivity index (χ2n) is 19.0. The Hall–Kier alpha value is -1.87. The van der Waals surface area contributed by atoms with Crippen LogP contribution in [0.25, 0.3) is 0 Å². The fraction of sp³-hybridized carbons (Fsp3) is 0.886. The smallest absolute Gasteiger partial charge is 0.311 e. The van der Waals surface area contributed by atoms with Crippen molar-refractivity contribution in [3.63, 3.8) is 0 Å². The molecule has 3 aliphatic heterocycles. The number of terminal acetylenes is 1. The summed E-state index contributed by atoms with van der Waals surface area (Å²) in [4.78, 5) is 16.4. The molecule has 0 spiro atoms. The SMILES string of the molecule is C#C/C=C(\C)NC[C@@]1(O)[C@H](C)O[C@H](O[C@@H]2[C@H](C)[C@@H](O[C@@H]3O[C@H](C)C[C@H](N(C)C)[C@H]3O)C(C)(C)C[C@@H](C)NC[C@H](C)[C@@H](O)[C@](C)(O)[C@@H](CC)OC(=O)[C@@H]2C)C[C@]1(C)OC. The van der Waals surface area contributed by atoms with E-state index in [2.05, 4.69) is 37.3 Å². The van der Waals surface area contributed by atoms with Gasteiger partial charge in [-0.15, -0.1) is 6.42 Å². The van der Waals surface area contributed by atoms with Crippen LogP contribution < -0.4 is 10.6 Å². The molecule has 0 bridgehead atoms. The summed E-state index contributed by atoms with van der Waals surface area (Å²) in [7, 11) is 5.38. The van der Waals surface area contributed by atoms with Gasteiger partial charge in [-0.25, -0.2) is 0 Å². The third kappa shape index (κ3) is 11.3. The van der Waals surface area contributed by atoms with Gasteiger partial charge in [0.05, 0.1) is 36.4 Å². The van der Waals surface area contributed by atoms with E-state index in [0.29, 0.717) is 25.1 Å². The van der Waals surface area contributed by atoms with Crippen LogP contribution >= 0.6 is 0 Å². The number of cyclic esters (lactones) is 1. The van der Waals surface area contributed by atoms with Crippen LogP contribution in [0, 0.1) is 35.5 Å². The van der Waals surface area contributed by atoms with Crippen molar-refractivity contribution in [1.29, 1.82) is 0 Å². The average molecular weight is 826 g/mol. The number of carbonyl (C=O) groups is 1. The van der Waals surface area contributed by atoms with Gasteiger partial charge in [-0.1, -0.05) is 40.5 Å². The van der Waals surface area contributed by atoms with Crippen LogP contribution in [0.15, 0.2) is 11.8 Å². The molecule has 58 heavy (non-hydrogen) atoms. The quantitative estimate of drug-likeness (QED) is 0.140. The number of aliphatic hydroxyl groups is 4. The summed E-state index contributed by atoms with van der Waals surface area (Å²) in [5.41, 5.74) is -4.39. The molecule has 3 heterocycles. The second-order valence-corrected chi connectivity index (χ2v) is 19.0. The molecular formula is C44H79N3O11. The molecular weight excluding hydrogens is 746 g/mol. The normalized spacial score (nSPS) is 45.1. The molecule has 0 aliphatic carbocycles.